The third-order valence-corrected chi connectivity index (χ3v) is 4.35. The highest BCUT2D eigenvalue weighted by atomic mass is 35.5. The molecule has 5 nitrogen and oxygen atoms in total. The van der Waals surface area contributed by atoms with Crippen LogP contribution in [0, 0.1) is 0 Å². The fraction of sp³-hybridized carbons (Fsp3) is 0.429. The summed E-state index contributed by atoms with van der Waals surface area (Å²) in [6.07, 6.45) is 8.04. The van der Waals surface area contributed by atoms with Gasteiger partial charge in [-0.05, 0) is 25.3 Å². The molecule has 0 bridgehead atoms. The van der Waals surface area contributed by atoms with Crippen molar-refractivity contribution < 1.29 is 14.3 Å². The van der Waals surface area contributed by atoms with Gasteiger partial charge in [0.2, 0.25) is 0 Å². The Morgan fingerprint density at radius 1 is 1.62 bits per heavy atom. The lowest BCUT2D eigenvalue weighted by atomic mass is 10.1. The number of hydrogen-bond donors (Lipinski definition) is 0. The lowest BCUT2D eigenvalue weighted by Gasteiger charge is -2.21. The fourth-order valence-electron chi connectivity index (χ4n) is 2.23. The third-order valence-electron chi connectivity index (χ3n) is 3.32. The molecule has 1 unspecified atom stereocenters. The van der Waals surface area contributed by atoms with E-state index in [0.717, 1.165) is 30.8 Å². The van der Waals surface area contributed by atoms with E-state index in [4.69, 9.17) is 21.1 Å². The van der Waals surface area contributed by atoms with E-state index in [-0.39, 0.29) is 6.10 Å². The fourth-order valence-corrected chi connectivity index (χ4v) is 3.24. The number of ether oxygens (including phenoxy) is 2. The van der Waals surface area contributed by atoms with Gasteiger partial charge in [0.25, 0.3) is 0 Å². The number of esters is 1. The summed E-state index contributed by atoms with van der Waals surface area (Å²) in [5.74, 6) is -0.398. The summed E-state index contributed by atoms with van der Waals surface area (Å²) >= 11 is 7.53. The quantitative estimate of drug-likeness (QED) is 0.639. The van der Waals surface area contributed by atoms with Crippen LogP contribution >= 0.6 is 22.9 Å². The molecule has 0 amide bonds. The summed E-state index contributed by atoms with van der Waals surface area (Å²) in [7, 11) is 0. The van der Waals surface area contributed by atoms with Crippen molar-refractivity contribution in [2.24, 2.45) is 0 Å². The Morgan fingerprint density at radius 3 is 3.33 bits per heavy atom. The van der Waals surface area contributed by atoms with Gasteiger partial charge in [-0.1, -0.05) is 11.6 Å². The number of carbonyl (C=O) groups is 1. The standard InChI is InChI=1S/C14H15ClN2O3S/c15-13-11(17-6-8-21-14(17)16-13)4-5-12(18)20-9-10-3-1-2-7-19-10/h4-6,8,10H,1-3,7,9H2. The molecule has 2 aromatic heterocycles. The molecule has 3 rings (SSSR count). The minimum Gasteiger partial charge on any atom is -0.460 e. The Morgan fingerprint density at radius 2 is 2.52 bits per heavy atom. The number of fused-ring (bicyclic) bond motifs is 1. The van der Waals surface area contributed by atoms with Gasteiger partial charge in [-0.3, -0.25) is 4.40 Å². The van der Waals surface area contributed by atoms with E-state index in [0.29, 0.717) is 17.5 Å². The summed E-state index contributed by atoms with van der Waals surface area (Å²) in [6, 6.07) is 0. The van der Waals surface area contributed by atoms with Crippen molar-refractivity contribution in [3.8, 4) is 0 Å². The molecule has 2 aromatic rings. The second kappa shape index (κ2) is 6.60. The van der Waals surface area contributed by atoms with Gasteiger partial charge in [0.15, 0.2) is 10.1 Å². The zero-order chi connectivity index (χ0) is 14.7. The molecule has 1 aliphatic heterocycles. The maximum absolute atomic E-state index is 11.7. The van der Waals surface area contributed by atoms with Crippen molar-refractivity contribution in [1.82, 2.24) is 9.38 Å². The van der Waals surface area contributed by atoms with Crippen LogP contribution in [0.3, 0.4) is 0 Å². The van der Waals surface area contributed by atoms with Crippen molar-refractivity contribution in [2.75, 3.05) is 13.2 Å². The topological polar surface area (TPSA) is 52.8 Å². The van der Waals surface area contributed by atoms with E-state index in [2.05, 4.69) is 4.98 Å². The summed E-state index contributed by atoms with van der Waals surface area (Å²) in [5, 5.41) is 2.29. The molecular weight excluding hydrogens is 312 g/mol. The average molecular weight is 327 g/mol. The molecule has 1 aliphatic rings. The molecule has 1 saturated heterocycles. The minimum atomic E-state index is -0.398. The third kappa shape index (κ3) is 3.45. The second-order valence-corrected chi connectivity index (χ2v) is 6.03. The van der Waals surface area contributed by atoms with E-state index >= 15 is 0 Å². The average Bonchev–Trinajstić information content (AvgIpc) is 3.05. The Hall–Kier alpha value is -1.37. The van der Waals surface area contributed by atoms with E-state index in [1.54, 1.807) is 6.08 Å². The maximum Gasteiger partial charge on any atom is 0.330 e. The Bertz CT molecular complexity index is 658. The maximum atomic E-state index is 11.7. The highest BCUT2D eigenvalue weighted by Crippen LogP contribution is 2.22. The van der Waals surface area contributed by atoms with Crippen molar-refractivity contribution in [1.29, 1.82) is 0 Å². The van der Waals surface area contributed by atoms with E-state index in [1.165, 1.54) is 17.4 Å². The lowest BCUT2D eigenvalue weighted by molar-refractivity contribution is -0.143. The summed E-state index contributed by atoms with van der Waals surface area (Å²) < 4.78 is 12.5. The zero-order valence-electron chi connectivity index (χ0n) is 11.3. The number of thiazole rings is 1. The molecule has 21 heavy (non-hydrogen) atoms. The van der Waals surface area contributed by atoms with E-state index < -0.39 is 5.97 Å². The zero-order valence-corrected chi connectivity index (χ0v) is 12.9. The van der Waals surface area contributed by atoms with Crippen molar-refractivity contribution in [3.05, 3.63) is 28.5 Å². The predicted molar refractivity (Wildman–Crippen MR) is 81.7 cm³/mol. The molecule has 112 valence electrons. The lowest BCUT2D eigenvalue weighted by Crippen LogP contribution is -2.25. The van der Waals surface area contributed by atoms with Gasteiger partial charge >= 0.3 is 5.97 Å². The molecule has 0 N–H and O–H groups in total. The first-order valence-corrected chi connectivity index (χ1v) is 8.07. The van der Waals surface area contributed by atoms with Gasteiger partial charge in [-0.2, -0.15) is 0 Å². The van der Waals surface area contributed by atoms with Crippen molar-refractivity contribution in [2.45, 2.75) is 25.4 Å². The first-order chi connectivity index (χ1) is 10.2. The van der Waals surface area contributed by atoms with Gasteiger partial charge in [0.05, 0.1) is 11.8 Å². The summed E-state index contributed by atoms with van der Waals surface area (Å²) in [6.45, 7) is 1.05. The second-order valence-electron chi connectivity index (χ2n) is 4.80. The number of hydrogen-bond acceptors (Lipinski definition) is 5. The minimum absolute atomic E-state index is 0.0261. The van der Waals surface area contributed by atoms with Gasteiger partial charge in [-0.25, -0.2) is 9.78 Å². The van der Waals surface area contributed by atoms with Crippen LogP contribution < -0.4 is 0 Å². The summed E-state index contributed by atoms with van der Waals surface area (Å²) in [4.78, 5) is 16.7. The van der Waals surface area contributed by atoms with Crippen molar-refractivity contribution in [3.63, 3.8) is 0 Å². The molecule has 0 saturated carbocycles. The molecule has 0 aliphatic carbocycles. The molecule has 0 radical (unpaired) electrons. The Balaban J connectivity index is 1.58. The monoisotopic (exact) mass is 326 g/mol. The SMILES string of the molecule is O=C(C=Cc1c(Cl)nc2sccn12)OCC1CCCCO1. The van der Waals surface area contributed by atoms with Crippen LogP contribution in [0.1, 0.15) is 25.0 Å². The Kier molecular flexibility index (Phi) is 4.57. The highest BCUT2D eigenvalue weighted by molar-refractivity contribution is 7.15. The van der Waals surface area contributed by atoms with Gasteiger partial charge in [0, 0.05) is 24.3 Å². The first-order valence-electron chi connectivity index (χ1n) is 6.81. The number of aromatic nitrogens is 2. The van der Waals surface area contributed by atoms with Crippen molar-refractivity contribution >= 4 is 39.9 Å². The number of rotatable bonds is 4. The van der Waals surface area contributed by atoms with Crippen LogP contribution in [0.4, 0.5) is 0 Å². The van der Waals surface area contributed by atoms with Crippen LogP contribution in [0.2, 0.25) is 5.15 Å². The normalized spacial score (nSPS) is 19.4. The van der Waals surface area contributed by atoms with Crippen LogP contribution in [0.25, 0.3) is 11.0 Å². The number of halogens is 1. The Labute approximate surface area is 131 Å². The molecule has 0 aromatic carbocycles. The molecular formula is C14H15ClN2O3S. The molecule has 1 atom stereocenters. The van der Waals surface area contributed by atoms with E-state index in [1.807, 2.05) is 16.0 Å². The molecule has 0 spiro atoms. The van der Waals surface area contributed by atoms with Crippen LogP contribution in [-0.2, 0) is 14.3 Å². The number of nitrogens with zero attached hydrogens (tertiary/aromatic N) is 2. The van der Waals surface area contributed by atoms with Gasteiger partial charge in [-0.15, -0.1) is 11.3 Å². The van der Waals surface area contributed by atoms with Crippen LogP contribution in [-0.4, -0.2) is 34.7 Å². The highest BCUT2D eigenvalue weighted by Gasteiger charge is 2.15. The molecule has 1 fully saturated rings. The smallest absolute Gasteiger partial charge is 0.330 e. The molecule has 7 heteroatoms. The summed E-state index contributed by atoms with van der Waals surface area (Å²) in [5.41, 5.74) is 0.679. The first kappa shape index (κ1) is 14.6. The molecule has 3 heterocycles. The van der Waals surface area contributed by atoms with Crippen LogP contribution in [0.5, 0.6) is 0 Å². The van der Waals surface area contributed by atoms with Crippen LogP contribution in [0.15, 0.2) is 17.7 Å². The number of imidazole rings is 1. The van der Waals surface area contributed by atoms with Gasteiger partial charge < -0.3 is 9.47 Å². The largest absolute Gasteiger partial charge is 0.460 e. The van der Waals surface area contributed by atoms with Gasteiger partial charge in [0.1, 0.15) is 6.61 Å². The number of carbonyl (C=O) groups excluding carboxylic acids is 1. The van der Waals surface area contributed by atoms with E-state index in [9.17, 15) is 4.79 Å². The predicted octanol–water partition coefficient (Wildman–Crippen LogP) is 3.17.